The Morgan fingerprint density at radius 1 is 1.33 bits per heavy atom. The second-order valence-electron chi connectivity index (χ2n) is 6.94. The maximum atomic E-state index is 12.5. The van der Waals surface area contributed by atoms with E-state index in [0.717, 1.165) is 12.8 Å². The number of nitrogens with two attached hydrogens (primary N) is 1. The molecule has 1 amide bonds. The Bertz CT molecular complexity index is 524. The Kier molecular flexibility index (Phi) is 4.03. The lowest BCUT2D eigenvalue weighted by Gasteiger charge is -2.31. The molecule has 2 atom stereocenters. The van der Waals surface area contributed by atoms with Crippen molar-refractivity contribution in [1.82, 2.24) is 5.32 Å². The summed E-state index contributed by atoms with van der Waals surface area (Å²) in [5.74, 6) is 1.11. The van der Waals surface area contributed by atoms with Gasteiger partial charge < -0.3 is 11.1 Å². The summed E-state index contributed by atoms with van der Waals surface area (Å²) in [6.45, 7) is 2.63. The molecule has 0 aliphatic heterocycles. The molecule has 1 fully saturated rings. The van der Waals surface area contributed by atoms with E-state index < -0.39 is 0 Å². The summed E-state index contributed by atoms with van der Waals surface area (Å²) in [6.07, 6.45) is 6.44. The predicted molar refractivity (Wildman–Crippen MR) is 85.1 cm³/mol. The Labute approximate surface area is 127 Å². The molecule has 2 aliphatic rings. The first kappa shape index (κ1) is 14.6. The summed E-state index contributed by atoms with van der Waals surface area (Å²) in [7, 11) is 0. The Morgan fingerprint density at radius 2 is 2.10 bits per heavy atom. The van der Waals surface area contributed by atoms with E-state index in [1.807, 2.05) is 0 Å². The van der Waals surface area contributed by atoms with Gasteiger partial charge in [-0.15, -0.1) is 0 Å². The van der Waals surface area contributed by atoms with E-state index in [-0.39, 0.29) is 11.4 Å². The molecule has 3 rings (SSSR count). The highest BCUT2D eigenvalue weighted by atomic mass is 16.1. The Hall–Kier alpha value is -1.35. The number of nitrogens with one attached hydrogen (secondary N) is 1. The van der Waals surface area contributed by atoms with Crippen LogP contribution in [0.15, 0.2) is 24.3 Å². The maximum Gasteiger partial charge on any atom is 0.221 e. The van der Waals surface area contributed by atoms with Crippen LogP contribution in [0.1, 0.15) is 56.1 Å². The number of fused-ring (bicyclic) bond motifs is 1. The average Bonchev–Trinajstić information content (AvgIpc) is 3.32. The van der Waals surface area contributed by atoms with Crippen LogP contribution < -0.4 is 11.1 Å². The summed E-state index contributed by atoms with van der Waals surface area (Å²) in [4.78, 5) is 12.5. The van der Waals surface area contributed by atoms with Gasteiger partial charge in [-0.05, 0) is 62.0 Å². The van der Waals surface area contributed by atoms with E-state index in [0.29, 0.717) is 24.8 Å². The number of amides is 1. The molecule has 0 heterocycles. The first-order valence-corrected chi connectivity index (χ1v) is 8.21. The van der Waals surface area contributed by atoms with Crippen LogP contribution in [0.5, 0.6) is 0 Å². The SMILES string of the molecule is CC(CN)(NC(=O)CC1CCCc2ccccc21)C1CC1. The van der Waals surface area contributed by atoms with Crippen molar-refractivity contribution in [1.29, 1.82) is 0 Å². The van der Waals surface area contributed by atoms with Gasteiger partial charge in [0, 0.05) is 13.0 Å². The molecule has 3 heteroatoms. The van der Waals surface area contributed by atoms with Gasteiger partial charge in [0.1, 0.15) is 0 Å². The van der Waals surface area contributed by atoms with Gasteiger partial charge in [0.15, 0.2) is 0 Å². The third kappa shape index (κ3) is 3.13. The van der Waals surface area contributed by atoms with E-state index in [1.54, 1.807) is 0 Å². The summed E-state index contributed by atoms with van der Waals surface area (Å²) in [5, 5.41) is 3.22. The van der Waals surface area contributed by atoms with Gasteiger partial charge in [-0.1, -0.05) is 24.3 Å². The Morgan fingerprint density at radius 3 is 2.81 bits per heavy atom. The summed E-state index contributed by atoms with van der Waals surface area (Å²) in [6, 6.07) is 8.58. The van der Waals surface area contributed by atoms with Gasteiger partial charge >= 0.3 is 0 Å². The van der Waals surface area contributed by atoms with Crippen molar-refractivity contribution in [2.45, 2.75) is 56.9 Å². The van der Waals surface area contributed by atoms with E-state index in [1.165, 1.54) is 30.4 Å². The molecule has 2 aliphatic carbocycles. The molecule has 1 saturated carbocycles. The number of benzene rings is 1. The summed E-state index contributed by atoms with van der Waals surface area (Å²) >= 11 is 0. The maximum absolute atomic E-state index is 12.5. The van der Waals surface area contributed by atoms with Crippen LogP contribution in [0.3, 0.4) is 0 Å². The molecular formula is C18H26N2O. The number of hydrogen-bond donors (Lipinski definition) is 2. The highest BCUT2D eigenvalue weighted by Gasteiger charge is 2.41. The van der Waals surface area contributed by atoms with E-state index in [2.05, 4.69) is 36.5 Å². The van der Waals surface area contributed by atoms with Gasteiger partial charge in [0.2, 0.25) is 5.91 Å². The molecule has 1 aromatic rings. The molecule has 21 heavy (non-hydrogen) atoms. The highest BCUT2D eigenvalue weighted by Crippen LogP contribution is 2.39. The van der Waals surface area contributed by atoms with Crippen LogP contribution in [0.4, 0.5) is 0 Å². The second-order valence-corrected chi connectivity index (χ2v) is 6.94. The smallest absolute Gasteiger partial charge is 0.221 e. The highest BCUT2D eigenvalue weighted by molar-refractivity contribution is 5.78. The van der Waals surface area contributed by atoms with E-state index in [4.69, 9.17) is 5.73 Å². The lowest BCUT2D eigenvalue weighted by Crippen LogP contribution is -2.53. The minimum absolute atomic E-state index is 0.163. The zero-order valence-corrected chi connectivity index (χ0v) is 12.9. The minimum Gasteiger partial charge on any atom is -0.349 e. The predicted octanol–water partition coefficient (Wildman–Crippen LogP) is 2.74. The number of hydrogen-bond acceptors (Lipinski definition) is 2. The lowest BCUT2D eigenvalue weighted by molar-refractivity contribution is -0.123. The zero-order chi connectivity index (χ0) is 14.9. The van der Waals surface area contributed by atoms with Gasteiger partial charge in [-0.2, -0.15) is 0 Å². The fraction of sp³-hybridized carbons (Fsp3) is 0.611. The van der Waals surface area contributed by atoms with E-state index in [9.17, 15) is 4.79 Å². The molecule has 2 unspecified atom stereocenters. The van der Waals surface area contributed by atoms with Gasteiger partial charge in [-0.25, -0.2) is 0 Å². The van der Waals surface area contributed by atoms with Gasteiger partial charge in [0.05, 0.1) is 5.54 Å². The van der Waals surface area contributed by atoms with Crippen LogP contribution in [-0.2, 0) is 11.2 Å². The monoisotopic (exact) mass is 286 g/mol. The molecule has 0 aromatic heterocycles. The molecular weight excluding hydrogens is 260 g/mol. The molecule has 0 spiro atoms. The largest absolute Gasteiger partial charge is 0.349 e. The van der Waals surface area contributed by atoms with Crippen molar-refractivity contribution >= 4 is 5.91 Å². The zero-order valence-electron chi connectivity index (χ0n) is 12.9. The molecule has 0 saturated heterocycles. The minimum atomic E-state index is -0.203. The van der Waals surface area contributed by atoms with Crippen molar-refractivity contribution in [3.05, 3.63) is 35.4 Å². The van der Waals surface area contributed by atoms with Crippen LogP contribution in [0.25, 0.3) is 0 Å². The molecule has 1 aromatic carbocycles. The van der Waals surface area contributed by atoms with Crippen LogP contribution in [0.2, 0.25) is 0 Å². The fourth-order valence-electron chi connectivity index (χ4n) is 3.70. The van der Waals surface area contributed by atoms with Gasteiger partial charge in [0.25, 0.3) is 0 Å². The van der Waals surface area contributed by atoms with Gasteiger partial charge in [-0.3, -0.25) is 4.79 Å². The standard InChI is InChI=1S/C18H26N2O/c1-18(12-19,15-9-10-15)20-17(21)11-14-7-4-6-13-5-2-3-8-16(13)14/h2-3,5,8,14-15H,4,6-7,9-12,19H2,1H3,(H,20,21). The third-order valence-corrected chi connectivity index (χ3v) is 5.25. The molecule has 3 N–H and O–H groups in total. The molecule has 114 valence electrons. The number of carbonyl (C=O) groups excluding carboxylic acids is 1. The Balaban J connectivity index is 1.66. The number of rotatable bonds is 5. The van der Waals surface area contributed by atoms with E-state index >= 15 is 0 Å². The van der Waals surface area contributed by atoms with Crippen molar-refractivity contribution in [2.75, 3.05) is 6.54 Å². The third-order valence-electron chi connectivity index (χ3n) is 5.25. The summed E-state index contributed by atoms with van der Waals surface area (Å²) in [5.41, 5.74) is 8.48. The molecule has 3 nitrogen and oxygen atoms in total. The van der Waals surface area contributed by atoms with Crippen LogP contribution in [0, 0.1) is 5.92 Å². The first-order chi connectivity index (χ1) is 10.1. The number of aryl methyl sites for hydroxylation is 1. The first-order valence-electron chi connectivity index (χ1n) is 8.21. The number of carbonyl (C=O) groups is 1. The topological polar surface area (TPSA) is 55.1 Å². The molecule has 0 bridgehead atoms. The molecule has 0 radical (unpaired) electrons. The quantitative estimate of drug-likeness (QED) is 0.874. The van der Waals surface area contributed by atoms with Crippen LogP contribution in [-0.4, -0.2) is 18.0 Å². The van der Waals surface area contributed by atoms with Crippen molar-refractivity contribution in [3.8, 4) is 0 Å². The lowest BCUT2D eigenvalue weighted by atomic mass is 9.81. The van der Waals surface area contributed by atoms with Crippen molar-refractivity contribution in [3.63, 3.8) is 0 Å². The second kappa shape index (κ2) is 5.80. The summed E-state index contributed by atoms with van der Waals surface area (Å²) < 4.78 is 0. The fourth-order valence-corrected chi connectivity index (χ4v) is 3.70. The van der Waals surface area contributed by atoms with Crippen molar-refractivity contribution in [2.24, 2.45) is 11.7 Å². The average molecular weight is 286 g/mol. The van der Waals surface area contributed by atoms with Crippen LogP contribution >= 0.6 is 0 Å². The van der Waals surface area contributed by atoms with Crippen molar-refractivity contribution < 1.29 is 4.79 Å². The normalized spacial score (nSPS) is 24.0.